The summed E-state index contributed by atoms with van der Waals surface area (Å²) in [5.41, 5.74) is 1.52. The molecule has 0 saturated heterocycles. The van der Waals surface area contributed by atoms with Crippen LogP contribution in [0.5, 0.6) is 0 Å². The lowest BCUT2D eigenvalue weighted by Crippen LogP contribution is -1.99. The van der Waals surface area contributed by atoms with Crippen molar-refractivity contribution < 1.29 is 4.79 Å². The minimum Gasteiger partial charge on any atom is -0.289 e. The zero-order chi connectivity index (χ0) is 13.4. The highest BCUT2D eigenvalue weighted by molar-refractivity contribution is 9.10. The largest absolute Gasteiger partial charge is 0.289 e. The van der Waals surface area contributed by atoms with Crippen LogP contribution in [0.1, 0.15) is 20.8 Å². The molecule has 0 fully saturated rings. The number of benzene rings is 2. The monoisotopic (exact) mass is 330 g/mol. The minimum absolute atomic E-state index is 0.0918. The van der Waals surface area contributed by atoms with Crippen LogP contribution in [0.2, 0.25) is 0 Å². The van der Waals surface area contributed by atoms with Gasteiger partial charge in [0.25, 0.3) is 0 Å². The van der Waals surface area contributed by atoms with Gasteiger partial charge in [-0.05, 0) is 42.0 Å². The summed E-state index contributed by atoms with van der Waals surface area (Å²) in [6, 6.07) is 13.9. The Morgan fingerprint density at radius 3 is 2.47 bits per heavy atom. The van der Waals surface area contributed by atoms with Gasteiger partial charge in [0.2, 0.25) is 0 Å². The second kappa shape index (κ2) is 4.91. The molecule has 0 bridgehead atoms. The standard InChI is InChI=1S/C16H11BrOS/c1-10-6-14(9-19-10)16(18)13-3-2-12-8-15(17)5-4-11(12)7-13/h2-9H,1H3. The van der Waals surface area contributed by atoms with Crippen molar-refractivity contribution in [3.63, 3.8) is 0 Å². The SMILES string of the molecule is Cc1cc(C(=O)c2ccc3cc(Br)ccc3c2)cs1. The Hall–Kier alpha value is -1.45. The molecule has 3 rings (SSSR count). The van der Waals surface area contributed by atoms with Gasteiger partial charge in [-0.2, -0.15) is 0 Å². The average Bonchev–Trinajstić information content (AvgIpc) is 2.84. The maximum Gasteiger partial charge on any atom is 0.193 e. The number of thiophene rings is 1. The molecule has 0 aliphatic rings. The summed E-state index contributed by atoms with van der Waals surface area (Å²) in [5, 5.41) is 4.14. The number of hydrogen-bond donors (Lipinski definition) is 0. The third kappa shape index (κ3) is 2.48. The Morgan fingerprint density at radius 2 is 1.74 bits per heavy atom. The second-order valence-corrected chi connectivity index (χ2v) is 6.51. The van der Waals surface area contributed by atoms with Crippen molar-refractivity contribution in [2.75, 3.05) is 0 Å². The van der Waals surface area contributed by atoms with Crippen LogP contribution < -0.4 is 0 Å². The van der Waals surface area contributed by atoms with Crippen molar-refractivity contribution in [1.29, 1.82) is 0 Å². The maximum atomic E-state index is 12.4. The summed E-state index contributed by atoms with van der Waals surface area (Å²) in [5.74, 6) is 0.0918. The highest BCUT2D eigenvalue weighted by Crippen LogP contribution is 2.23. The van der Waals surface area contributed by atoms with Gasteiger partial charge in [0, 0.05) is 25.9 Å². The van der Waals surface area contributed by atoms with E-state index in [1.807, 2.05) is 48.7 Å². The van der Waals surface area contributed by atoms with E-state index in [9.17, 15) is 4.79 Å². The van der Waals surface area contributed by atoms with E-state index in [1.165, 1.54) is 0 Å². The molecule has 3 aromatic rings. The molecule has 1 aromatic heterocycles. The van der Waals surface area contributed by atoms with Gasteiger partial charge in [0.15, 0.2) is 5.78 Å². The summed E-state index contributed by atoms with van der Waals surface area (Å²) in [6.07, 6.45) is 0. The van der Waals surface area contributed by atoms with E-state index in [1.54, 1.807) is 11.3 Å². The van der Waals surface area contributed by atoms with E-state index in [-0.39, 0.29) is 5.78 Å². The minimum atomic E-state index is 0.0918. The average molecular weight is 331 g/mol. The van der Waals surface area contributed by atoms with Crippen LogP contribution in [-0.4, -0.2) is 5.78 Å². The van der Waals surface area contributed by atoms with Crippen molar-refractivity contribution >= 4 is 43.8 Å². The van der Waals surface area contributed by atoms with Crippen molar-refractivity contribution in [3.8, 4) is 0 Å². The van der Waals surface area contributed by atoms with E-state index in [0.717, 1.165) is 31.2 Å². The summed E-state index contributed by atoms with van der Waals surface area (Å²) in [4.78, 5) is 13.5. The van der Waals surface area contributed by atoms with Gasteiger partial charge in [-0.25, -0.2) is 0 Å². The van der Waals surface area contributed by atoms with Gasteiger partial charge >= 0.3 is 0 Å². The predicted molar refractivity (Wildman–Crippen MR) is 84.1 cm³/mol. The third-order valence-electron chi connectivity index (χ3n) is 3.06. The van der Waals surface area contributed by atoms with E-state index in [2.05, 4.69) is 22.0 Å². The van der Waals surface area contributed by atoms with Crippen molar-refractivity contribution in [2.24, 2.45) is 0 Å². The number of fused-ring (bicyclic) bond motifs is 1. The number of aryl methyl sites for hydroxylation is 1. The molecule has 0 N–H and O–H groups in total. The van der Waals surface area contributed by atoms with Gasteiger partial charge in [-0.3, -0.25) is 4.79 Å². The molecule has 1 heterocycles. The van der Waals surface area contributed by atoms with E-state index in [0.29, 0.717) is 0 Å². The van der Waals surface area contributed by atoms with E-state index in [4.69, 9.17) is 0 Å². The molecule has 0 amide bonds. The molecule has 0 saturated carbocycles. The first-order valence-electron chi connectivity index (χ1n) is 5.93. The van der Waals surface area contributed by atoms with Crippen molar-refractivity contribution in [1.82, 2.24) is 0 Å². The molecule has 0 unspecified atom stereocenters. The number of carbonyl (C=O) groups is 1. The van der Waals surface area contributed by atoms with Crippen LogP contribution in [0.25, 0.3) is 10.8 Å². The fourth-order valence-corrected chi connectivity index (χ4v) is 3.15. The molecular formula is C16H11BrOS. The lowest BCUT2D eigenvalue weighted by Gasteiger charge is -2.02. The molecule has 0 aliphatic carbocycles. The number of hydrogen-bond acceptors (Lipinski definition) is 2. The molecule has 0 aliphatic heterocycles. The highest BCUT2D eigenvalue weighted by atomic mass is 79.9. The maximum absolute atomic E-state index is 12.4. The topological polar surface area (TPSA) is 17.1 Å². The smallest absolute Gasteiger partial charge is 0.193 e. The van der Waals surface area contributed by atoms with Gasteiger partial charge in [-0.1, -0.05) is 34.1 Å². The molecule has 1 nitrogen and oxygen atoms in total. The number of carbonyl (C=O) groups excluding carboxylic acids is 1. The third-order valence-corrected chi connectivity index (χ3v) is 4.41. The van der Waals surface area contributed by atoms with Crippen LogP contribution >= 0.6 is 27.3 Å². The van der Waals surface area contributed by atoms with Gasteiger partial charge in [-0.15, -0.1) is 11.3 Å². The lowest BCUT2D eigenvalue weighted by atomic mass is 10.0. The first-order valence-corrected chi connectivity index (χ1v) is 7.60. The molecule has 19 heavy (non-hydrogen) atoms. The lowest BCUT2D eigenvalue weighted by molar-refractivity contribution is 0.103. The first kappa shape index (κ1) is 12.6. The van der Waals surface area contributed by atoms with E-state index >= 15 is 0 Å². The second-order valence-electron chi connectivity index (χ2n) is 4.48. The molecule has 0 radical (unpaired) electrons. The summed E-state index contributed by atoms with van der Waals surface area (Å²) in [7, 11) is 0. The van der Waals surface area contributed by atoms with Crippen LogP contribution in [0.3, 0.4) is 0 Å². The number of halogens is 1. The fourth-order valence-electron chi connectivity index (χ4n) is 2.09. The molecule has 3 heteroatoms. The van der Waals surface area contributed by atoms with Crippen LogP contribution in [0, 0.1) is 6.92 Å². The summed E-state index contributed by atoms with van der Waals surface area (Å²) >= 11 is 5.06. The first-order chi connectivity index (χ1) is 9.13. The van der Waals surface area contributed by atoms with Gasteiger partial charge < -0.3 is 0 Å². The quantitative estimate of drug-likeness (QED) is 0.590. The van der Waals surface area contributed by atoms with Crippen LogP contribution in [0.4, 0.5) is 0 Å². The zero-order valence-electron chi connectivity index (χ0n) is 10.3. The predicted octanol–water partition coefficient (Wildman–Crippen LogP) is 5.20. The molecule has 94 valence electrons. The number of ketones is 1. The van der Waals surface area contributed by atoms with Crippen LogP contribution in [0.15, 0.2) is 52.3 Å². The number of rotatable bonds is 2. The Bertz CT molecular complexity index is 773. The van der Waals surface area contributed by atoms with E-state index < -0.39 is 0 Å². The summed E-state index contributed by atoms with van der Waals surface area (Å²) in [6.45, 7) is 2.01. The van der Waals surface area contributed by atoms with Crippen LogP contribution in [-0.2, 0) is 0 Å². The Labute approximate surface area is 124 Å². The van der Waals surface area contributed by atoms with Crippen molar-refractivity contribution in [2.45, 2.75) is 6.92 Å². The fraction of sp³-hybridized carbons (Fsp3) is 0.0625. The van der Waals surface area contributed by atoms with Gasteiger partial charge in [0.1, 0.15) is 0 Å². The molecule has 2 aromatic carbocycles. The normalized spacial score (nSPS) is 10.8. The zero-order valence-corrected chi connectivity index (χ0v) is 12.7. The Morgan fingerprint density at radius 1 is 1.00 bits per heavy atom. The Balaban J connectivity index is 2.06. The molecular weight excluding hydrogens is 320 g/mol. The van der Waals surface area contributed by atoms with Gasteiger partial charge in [0.05, 0.1) is 0 Å². The highest BCUT2D eigenvalue weighted by Gasteiger charge is 2.11. The summed E-state index contributed by atoms with van der Waals surface area (Å²) < 4.78 is 1.05. The molecule has 0 spiro atoms. The van der Waals surface area contributed by atoms with Crippen molar-refractivity contribution in [3.05, 3.63) is 68.3 Å². The Kier molecular flexibility index (Phi) is 3.25. The molecule has 0 atom stereocenters.